The highest BCUT2D eigenvalue weighted by atomic mass is 32.2. The van der Waals surface area contributed by atoms with E-state index in [-0.39, 0.29) is 17.2 Å². The van der Waals surface area contributed by atoms with Crippen molar-refractivity contribution in [2.45, 2.75) is 18.1 Å². The number of allylic oxidation sites excluding steroid dienone is 1. The standard InChI is InChI=1S/C20H22N6O2S/c1-3-10-26-17(12-14-7-6-11-25(14)2)23-24-20(26)29-13-18(27)22-16-9-5-4-8-15(16)19(21)28/h3-9,11H,1,10,12-13H2,2H3,(H2,21,28)(H,22,27). The number of hydrogen-bond donors (Lipinski definition) is 2. The van der Waals surface area contributed by atoms with Crippen molar-refractivity contribution in [2.75, 3.05) is 11.1 Å². The van der Waals surface area contributed by atoms with Gasteiger partial charge in [0.1, 0.15) is 5.82 Å². The van der Waals surface area contributed by atoms with E-state index in [2.05, 4.69) is 22.1 Å². The van der Waals surface area contributed by atoms with Gasteiger partial charge in [0.25, 0.3) is 5.91 Å². The van der Waals surface area contributed by atoms with Gasteiger partial charge in [-0.3, -0.25) is 9.59 Å². The molecule has 2 aromatic heterocycles. The van der Waals surface area contributed by atoms with Gasteiger partial charge >= 0.3 is 0 Å². The van der Waals surface area contributed by atoms with Crippen LogP contribution < -0.4 is 11.1 Å². The van der Waals surface area contributed by atoms with Crippen LogP contribution in [0, 0.1) is 0 Å². The smallest absolute Gasteiger partial charge is 0.250 e. The lowest BCUT2D eigenvalue weighted by Crippen LogP contribution is -2.19. The summed E-state index contributed by atoms with van der Waals surface area (Å²) in [5, 5.41) is 11.9. The number of para-hydroxylation sites is 1. The lowest BCUT2D eigenvalue weighted by molar-refractivity contribution is -0.113. The summed E-state index contributed by atoms with van der Waals surface area (Å²) in [4.78, 5) is 23.9. The Hall–Kier alpha value is -3.33. The SMILES string of the molecule is C=CCn1c(Cc2cccn2C)nnc1SCC(=O)Nc1ccccc1C(N)=O. The minimum Gasteiger partial charge on any atom is -0.366 e. The number of carbonyl (C=O) groups excluding carboxylic acids is 2. The van der Waals surface area contributed by atoms with Crippen LogP contribution in [0.25, 0.3) is 0 Å². The van der Waals surface area contributed by atoms with Crippen LogP contribution in [-0.2, 0) is 24.8 Å². The van der Waals surface area contributed by atoms with E-state index in [9.17, 15) is 9.59 Å². The molecular weight excluding hydrogens is 388 g/mol. The minimum absolute atomic E-state index is 0.118. The Morgan fingerprint density at radius 2 is 2.03 bits per heavy atom. The molecule has 9 heteroatoms. The van der Waals surface area contributed by atoms with Crippen molar-refractivity contribution in [2.24, 2.45) is 12.8 Å². The average Bonchev–Trinajstić information content (AvgIpc) is 3.27. The zero-order chi connectivity index (χ0) is 20.8. The monoisotopic (exact) mass is 410 g/mol. The van der Waals surface area contributed by atoms with Gasteiger partial charge < -0.3 is 20.2 Å². The molecule has 0 radical (unpaired) electrons. The Balaban J connectivity index is 1.69. The Bertz CT molecular complexity index is 1040. The predicted molar refractivity (Wildman–Crippen MR) is 113 cm³/mol. The van der Waals surface area contributed by atoms with Crippen LogP contribution in [0.1, 0.15) is 21.9 Å². The van der Waals surface area contributed by atoms with E-state index in [1.807, 2.05) is 34.5 Å². The van der Waals surface area contributed by atoms with Crippen molar-refractivity contribution in [3.8, 4) is 0 Å². The highest BCUT2D eigenvalue weighted by Crippen LogP contribution is 2.20. The van der Waals surface area contributed by atoms with Crippen LogP contribution in [-0.4, -0.2) is 36.9 Å². The number of thioether (sulfide) groups is 1. The maximum Gasteiger partial charge on any atom is 0.250 e. The van der Waals surface area contributed by atoms with Crippen LogP contribution in [0.2, 0.25) is 0 Å². The summed E-state index contributed by atoms with van der Waals surface area (Å²) < 4.78 is 3.97. The first-order valence-electron chi connectivity index (χ1n) is 8.94. The molecular formula is C20H22N6O2S. The fourth-order valence-corrected chi connectivity index (χ4v) is 3.60. The molecule has 2 amide bonds. The first-order valence-corrected chi connectivity index (χ1v) is 9.92. The number of rotatable bonds is 9. The van der Waals surface area contributed by atoms with Gasteiger partial charge in [0, 0.05) is 31.9 Å². The fraction of sp³-hybridized carbons (Fsp3) is 0.200. The van der Waals surface area contributed by atoms with E-state index >= 15 is 0 Å². The molecule has 0 fully saturated rings. The summed E-state index contributed by atoms with van der Waals surface area (Å²) in [5.41, 5.74) is 7.12. The zero-order valence-electron chi connectivity index (χ0n) is 16.0. The molecule has 3 N–H and O–H groups in total. The molecule has 0 bridgehead atoms. The quantitative estimate of drug-likeness (QED) is 0.415. The number of nitrogens with zero attached hydrogens (tertiary/aromatic N) is 4. The summed E-state index contributed by atoms with van der Waals surface area (Å²) in [5.74, 6) is 0.0612. The molecule has 0 aliphatic carbocycles. The summed E-state index contributed by atoms with van der Waals surface area (Å²) >= 11 is 1.27. The van der Waals surface area contributed by atoms with Gasteiger partial charge in [0.05, 0.1) is 17.0 Å². The van der Waals surface area contributed by atoms with Gasteiger partial charge in [-0.05, 0) is 24.3 Å². The lowest BCUT2D eigenvalue weighted by atomic mass is 10.1. The first kappa shape index (κ1) is 20.4. The minimum atomic E-state index is -0.593. The van der Waals surface area contributed by atoms with Crippen LogP contribution in [0.4, 0.5) is 5.69 Å². The number of carbonyl (C=O) groups is 2. The first-order chi connectivity index (χ1) is 14.0. The van der Waals surface area contributed by atoms with Crippen molar-refractivity contribution in [1.29, 1.82) is 0 Å². The van der Waals surface area contributed by atoms with E-state index in [1.54, 1.807) is 30.3 Å². The summed E-state index contributed by atoms with van der Waals surface area (Å²) in [6, 6.07) is 10.6. The Kier molecular flexibility index (Phi) is 6.50. The maximum atomic E-state index is 12.4. The van der Waals surface area contributed by atoms with Crippen molar-refractivity contribution in [1.82, 2.24) is 19.3 Å². The van der Waals surface area contributed by atoms with Crippen LogP contribution in [0.15, 0.2) is 60.4 Å². The molecule has 0 unspecified atom stereocenters. The number of aryl methyl sites for hydroxylation is 1. The maximum absolute atomic E-state index is 12.4. The largest absolute Gasteiger partial charge is 0.366 e. The third kappa shape index (κ3) is 4.94. The molecule has 0 aliphatic rings. The number of primary amides is 1. The van der Waals surface area contributed by atoms with Gasteiger partial charge in [0.2, 0.25) is 5.91 Å². The van der Waals surface area contributed by atoms with Crippen molar-refractivity contribution >= 4 is 29.3 Å². The molecule has 150 valence electrons. The van der Waals surface area contributed by atoms with E-state index in [0.29, 0.717) is 23.8 Å². The molecule has 29 heavy (non-hydrogen) atoms. The van der Waals surface area contributed by atoms with Crippen molar-refractivity contribution in [3.63, 3.8) is 0 Å². The van der Waals surface area contributed by atoms with E-state index in [0.717, 1.165) is 11.5 Å². The van der Waals surface area contributed by atoms with Crippen LogP contribution >= 0.6 is 11.8 Å². The topological polar surface area (TPSA) is 108 Å². The Morgan fingerprint density at radius 1 is 1.24 bits per heavy atom. The van der Waals surface area contributed by atoms with E-state index < -0.39 is 5.91 Å². The third-order valence-corrected chi connectivity index (χ3v) is 5.26. The molecule has 3 rings (SSSR count). The number of aromatic nitrogens is 4. The highest BCUT2D eigenvalue weighted by molar-refractivity contribution is 7.99. The Labute approximate surface area is 172 Å². The molecule has 0 saturated carbocycles. The van der Waals surface area contributed by atoms with Crippen molar-refractivity contribution in [3.05, 3.63) is 72.3 Å². The van der Waals surface area contributed by atoms with Gasteiger partial charge in [-0.15, -0.1) is 16.8 Å². The third-order valence-electron chi connectivity index (χ3n) is 4.29. The molecule has 8 nitrogen and oxygen atoms in total. The van der Waals surface area contributed by atoms with Crippen LogP contribution in [0.5, 0.6) is 0 Å². The molecule has 2 heterocycles. The van der Waals surface area contributed by atoms with E-state index in [1.165, 1.54) is 11.8 Å². The molecule has 0 saturated heterocycles. The van der Waals surface area contributed by atoms with Gasteiger partial charge in [-0.1, -0.05) is 30.0 Å². The predicted octanol–water partition coefficient (Wildman–Crippen LogP) is 2.22. The van der Waals surface area contributed by atoms with Gasteiger partial charge in [-0.2, -0.15) is 0 Å². The fourth-order valence-electron chi connectivity index (χ4n) is 2.83. The van der Waals surface area contributed by atoms with Crippen LogP contribution in [0.3, 0.4) is 0 Å². The number of nitrogens with one attached hydrogen (secondary N) is 1. The number of hydrogen-bond acceptors (Lipinski definition) is 5. The lowest BCUT2D eigenvalue weighted by Gasteiger charge is -2.10. The number of amides is 2. The second-order valence-corrected chi connectivity index (χ2v) is 7.27. The second-order valence-electron chi connectivity index (χ2n) is 6.33. The van der Waals surface area contributed by atoms with Gasteiger partial charge in [0.15, 0.2) is 5.16 Å². The Morgan fingerprint density at radius 3 is 2.72 bits per heavy atom. The van der Waals surface area contributed by atoms with Crippen molar-refractivity contribution < 1.29 is 9.59 Å². The van der Waals surface area contributed by atoms with Gasteiger partial charge in [-0.25, -0.2) is 0 Å². The molecule has 0 spiro atoms. The normalized spacial score (nSPS) is 10.7. The average molecular weight is 411 g/mol. The zero-order valence-corrected chi connectivity index (χ0v) is 16.9. The number of benzene rings is 1. The molecule has 3 aromatic rings. The number of nitrogens with two attached hydrogens (primary N) is 1. The summed E-state index contributed by atoms with van der Waals surface area (Å²) in [6.45, 7) is 4.34. The molecule has 0 aliphatic heterocycles. The molecule has 0 atom stereocenters. The number of anilines is 1. The summed E-state index contributed by atoms with van der Waals surface area (Å²) in [7, 11) is 1.98. The van der Waals surface area contributed by atoms with E-state index in [4.69, 9.17) is 5.73 Å². The molecule has 1 aromatic carbocycles. The highest BCUT2D eigenvalue weighted by Gasteiger charge is 2.16. The second kappa shape index (κ2) is 9.24. The summed E-state index contributed by atoms with van der Waals surface area (Å²) in [6.07, 6.45) is 4.38.